The van der Waals surface area contributed by atoms with Gasteiger partial charge in [-0.05, 0) is 82.7 Å². The molecule has 0 atom stereocenters. The molecular weight excluding hydrogens is 363 g/mol. The third kappa shape index (κ3) is 3.61. The second-order valence-electron chi connectivity index (χ2n) is 3.50. The van der Waals surface area contributed by atoms with E-state index in [1.807, 2.05) is 24.3 Å². The van der Waals surface area contributed by atoms with Crippen molar-refractivity contribution in [2.45, 2.75) is 0 Å². The first-order valence-corrected chi connectivity index (χ1v) is 6.58. The first kappa shape index (κ1) is 13.2. The lowest BCUT2D eigenvalue weighted by atomic mass is 10.2. The van der Waals surface area contributed by atoms with Crippen LogP contribution in [0.25, 0.3) is 0 Å². The van der Waals surface area contributed by atoms with Gasteiger partial charge in [-0.2, -0.15) is 10.2 Å². The molecule has 0 aromatic heterocycles. The van der Waals surface area contributed by atoms with Gasteiger partial charge in [0.1, 0.15) is 0 Å². The molecule has 0 spiro atoms. The molecule has 0 saturated carbocycles. The molecule has 90 valence electrons. The summed E-state index contributed by atoms with van der Waals surface area (Å²) in [6.07, 6.45) is 0. The Bertz CT molecular complexity index is 579. The predicted molar refractivity (Wildman–Crippen MR) is 80.0 cm³/mol. The Morgan fingerprint density at radius 3 is 1.78 bits per heavy atom. The van der Waals surface area contributed by atoms with Crippen LogP contribution in [0.3, 0.4) is 0 Å². The van der Waals surface area contributed by atoms with Gasteiger partial charge in [-0.25, -0.2) is 0 Å². The maximum atomic E-state index is 10.9. The number of azo groups is 1. The highest BCUT2D eigenvalue weighted by atomic mass is 127. The van der Waals surface area contributed by atoms with Gasteiger partial charge >= 0.3 is 0 Å². The molecule has 5 heteroatoms. The van der Waals surface area contributed by atoms with Crippen LogP contribution in [0.15, 0.2) is 58.8 Å². The average Bonchev–Trinajstić information content (AvgIpc) is 2.38. The van der Waals surface area contributed by atoms with Gasteiger partial charge in [0.25, 0.3) is 5.24 Å². The van der Waals surface area contributed by atoms with E-state index in [2.05, 4.69) is 32.8 Å². The Hall–Kier alpha value is -1.27. The smallest absolute Gasteiger partial charge is 0.252 e. The van der Waals surface area contributed by atoms with Gasteiger partial charge in [0.15, 0.2) is 0 Å². The Labute approximate surface area is 123 Å². The first-order valence-electron chi connectivity index (χ1n) is 5.12. The Kier molecular flexibility index (Phi) is 4.43. The predicted octanol–water partition coefficient (Wildman–Crippen LogP) is 5.09. The lowest BCUT2D eigenvalue weighted by Gasteiger charge is -1.95. The van der Waals surface area contributed by atoms with Crippen LogP contribution in [-0.2, 0) is 0 Å². The molecule has 0 radical (unpaired) electrons. The van der Waals surface area contributed by atoms with E-state index in [0.717, 1.165) is 9.26 Å². The quantitative estimate of drug-likeness (QED) is 0.422. The molecule has 0 N–H and O–H groups in total. The minimum atomic E-state index is -0.476. The van der Waals surface area contributed by atoms with Crippen LogP contribution in [0, 0.1) is 3.57 Å². The molecule has 2 aromatic rings. The van der Waals surface area contributed by atoms with Crippen LogP contribution >= 0.6 is 34.2 Å². The highest BCUT2D eigenvalue weighted by Gasteiger charge is 2.00. The molecule has 0 unspecified atom stereocenters. The summed E-state index contributed by atoms with van der Waals surface area (Å²) in [5.41, 5.74) is 1.91. The van der Waals surface area contributed by atoms with Crippen LogP contribution in [0.5, 0.6) is 0 Å². The fourth-order valence-corrected chi connectivity index (χ4v) is 1.77. The largest absolute Gasteiger partial charge is 0.276 e. The summed E-state index contributed by atoms with van der Waals surface area (Å²) < 4.78 is 1.15. The molecule has 0 aliphatic heterocycles. The van der Waals surface area contributed by atoms with E-state index in [1.165, 1.54) is 0 Å². The van der Waals surface area contributed by atoms with Gasteiger partial charge in [-0.1, -0.05) is 0 Å². The van der Waals surface area contributed by atoms with Gasteiger partial charge in [0.05, 0.1) is 11.4 Å². The Morgan fingerprint density at radius 2 is 1.33 bits per heavy atom. The lowest BCUT2D eigenvalue weighted by Crippen LogP contribution is -1.85. The number of carbonyl (C=O) groups excluding carboxylic acids is 1. The molecule has 3 nitrogen and oxygen atoms in total. The number of halogens is 2. The van der Waals surface area contributed by atoms with Crippen molar-refractivity contribution in [1.82, 2.24) is 0 Å². The van der Waals surface area contributed by atoms with Crippen molar-refractivity contribution in [3.8, 4) is 0 Å². The standard InChI is InChI=1S/C13H8ClIN2O/c14-13(18)9-1-5-11(6-2-9)16-17-12-7-3-10(15)4-8-12/h1-8H. The molecule has 0 heterocycles. The van der Waals surface area contributed by atoms with Gasteiger partial charge in [-0.3, -0.25) is 4.79 Å². The molecule has 0 fully saturated rings. The lowest BCUT2D eigenvalue weighted by molar-refractivity contribution is 0.108. The van der Waals surface area contributed by atoms with E-state index in [4.69, 9.17) is 11.6 Å². The van der Waals surface area contributed by atoms with Crippen molar-refractivity contribution in [3.05, 3.63) is 57.7 Å². The number of carbonyl (C=O) groups is 1. The number of nitrogens with zero attached hydrogens (tertiary/aromatic N) is 2. The van der Waals surface area contributed by atoms with Crippen molar-refractivity contribution < 1.29 is 4.79 Å². The molecule has 0 aliphatic carbocycles. The summed E-state index contributed by atoms with van der Waals surface area (Å²) in [6, 6.07) is 14.4. The maximum absolute atomic E-state index is 10.9. The van der Waals surface area contributed by atoms with Crippen molar-refractivity contribution in [1.29, 1.82) is 0 Å². The van der Waals surface area contributed by atoms with E-state index in [-0.39, 0.29) is 0 Å². The van der Waals surface area contributed by atoms with Gasteiger partial charge < -0.3 is 0 Å². The van der Waals surface area contributed by atoms with Gasteiger partial charge in [-0.15, -0.1) is 0 Å². The Balaban J connectivity index is 2.13. The Morgan fingerprint density at radius 1 is 0.889 bits per heavy atom. The van der Waals surface area contributed by atoms with E-state index in [1.54, 1.807) is 24.3 Å². The summed E-state index contributed by atoms with van der Waals surface area (Å²) in [5.74, 6) is 0. The normalized spacial score (nSPS) is 10.8. The SMILES string of the molecule is O=C(Cl)c1ccc(N=Nc2ccc(I)cc2)cc1. The van der Waals surface area contributed by atoms with E-state index >= 15 is 0 Å². The fourth-order valence-electron chi connectivity index (χ4n) is 1.28. The highest BCUT2D eigenvalue weighted by molar-refractivity contribution is 14.1. The fraction of sp³-hybridized carbons (Fsp3) is 0. The zero-order valence-electron chi connectivity index (χ0n) is 9.18. The maximum Gasteiger partial charge on any atom is 0.252 e. The van der Waals surface area contributed by atoms with Crippen LogP contribution in [0.1, 0.15) is 10.4 Å². The summed E-state index contributed by atoms with van der Waals surface area (Å²) in [7, 11) is 0. The third-order valence-corrected chi connectivity index (χ3v) is 3.14. The molecule has 0 bridgehead atoms. The third-order valence-electron chi connectivity index (χ3n) is 2.20. The number of benzene rings is 2. The first-order chi connectivity index (χ1) is 8.65. The summed E-state index contributed by atoms with van der Waals surface area (Å²) in [4.78, 5) is 10.9. The van der Waals surface area contributed by atoms with Gasteiger partial charge in [0.2, 0.25) is 0 Å². The van der Waals surface area contributed by atoms with Crippen LogP contribution in [0.4, 0.5) is 11.4 Å². The van der Waals surface area contributed by atoms with E-state index in [0.29, 0.717) is 11.3 Å². The van der Waals surface area contributed by atoms with Crippen LogP contribution in [-0.4, -0.2) is 5.24 Å². The van der Waals surface area contributed by atoms with Gasteiger partial charge in [0, 0.05) is 9.13 Å². The van der Waals surface area contributed by atoms with Crippen molar-refractivity contribution in [3.63, 3.8) is 0 Å². The van der Waals surface area contributed by atoms with Crippen molar-refractivity contribution >= 4 is 50.8 Å². The molecule has 0 saturated heterocycles. The number of hydrogen-bond donors (Lipinski definition) is 0. The van der Waals surface area contributed by atoms with Crippen LogP contribution in [0.2, 0.25) is 0 Å². The molecule has 0 amide bonds. The second-order valence-corrected chi connectivity index (χ2v) is 5.09. The van der Waals surface area contributed by atoms with Crippen LogP contribution < -0.4 is 0 Å². The summed E-state index contributed by atoms with van der Waals surface area (Å²) in [6.45, 7) is 0. The minimum absolute atomic E-state index is 0.449. The zero-order chi connectivity index (χ0) is 13.0. The zero-order valence-corrected chi connectivity index (χ0v) is 12.1. The van der Waals surface area contributed by atoms with E-state index < -0.39 is 5.24 Å². The molecule has 2 rings (SSSR count). The van der Waals surface area contributed by atoms with Crippen molar-refractivity contribution in [2.75, 3.05) is 0 Å². The summed E-state index contributed by atoms with van der Waals surface area (Å²) in [5, 5.41) is 7.69. The average molecular weight is 371 g/mol. The van der Waals surface area contributed by atoms with Crippen molar-refractivity contribution in [2.24, 2.45) is 10.2 Å². The highest BCUT2D eigenvalue weighted by Crippen LogP contribution is 2.20. The summed E-state index contributed by atoms with van der Waals surface area (Å²) >= 11 is 7.58. The molecule has 2 aromatic carbocycles. The monoisotopic (exact) mass is 370 g/mol. The molecule has 18 heavy (non-hydrogen) atoms. The minimum Gasteiger partial charge on any atom is -0.276 e. The van der Waals surface area contributed by atoms with E-state index in [9.17, 15) is 4.79 Å². The molecular formula is C13H8ClIN2O. The topological polar surface area (TPSA) is 41.8 Å². The number of rotatable bonds is 3. The molecule has 0 aliphatic rings. The second kappa shape index (κ2) is 6.06. The number of hydrogen-bond acceptors (Lipinski definition) is 3.